The van der Waals surface area contributed by atoms with Gasteiger partial charge in [0.2, 0.25) is 5.82 Å². The van der Waals surface area contributed by atoms with Crippen molar-refractivity contribution in [1.82, 2.24) is 10.1 Å². The number of esters is 1. The Bertz CT molecular complexity index is 1360. The van der Waals surface area contributed by atoms with Crippen LogP contribution in [0.5, 0.6) is 5.75 Å². The lowest BCUT2D eigenvalue weighted by molar-refractivity contribution is -0.133. The highest BCUT2D eigenvalue weighted by Crippen LogP contribution is 2.34. The van der Waals surface area contributed by atoms with E-state index in [1.807, 2.05) is 26.8 Å². The molecule has 2 heterocycles. The van der Waals surface area contributed by atoms with Crippen LogP contribution in [-0.4, -0.2) is 16.1 Å². The van der Waals surface area contributed by atoms with Crippen LogP contribution < -0.4 is 10.4 Å². The zero-order chi connectivity index (χ0) is 23.0. The minimum Gasteiger partial charge on any atom is -0.422 e. The number of hydrogen-bond donors (Lipinski definition) is 0. The van der Waals surface area contributed by atoms with E-state index in [4.69, 9.17) is 25.3 Å². The molecular weight excluding hydrogens is 432 g/mol. The maximum Gasteiger partial charge on any atom is 0.349 e. The third-order valence-corrected chi connectivity index (χ3v) is 5.19. The molecule has 0 unspecified atom stereocenters. The van der Waals surface area contributed by atoms with Crippen LogP contribution in [0.2, 0.25) is 5.02 Å². The van der Waals surface area contributed by atoms with Gasteiger partial charge < -0.3 is 13.7 Å². The Hall–Kier alpha value is -3.45. The zero-order valence-corrected chi connectivity index (χ0v) is 18.8. The van der Waals surface area contributed by atoms with Crippen molar-refractivity contribution in [3.05, 3.63) is 63.5 Å². The maximum absolute atomic E-state index is 12.8. The van der Waals surface area contributed by atoms with Gasteiger partial charge in [0.25, 0.3) is 5.89 Å². The van der Waals surface area contributed by atoms with Crippen molar-refractivity contribution in [3.63, 3.8) is 0 Å². The molecule has 0 saturated carbocycles. The zero-order valence-electron chi connectivity index (χ0n) is 18.1. The lowest BCUT2D eigenvalue weighted by Gasteiger charge is -2.20. The Kier molecular flexibility index (Phi) is 5.60. The molecule has 4 rings (SSSR count). The molecule has 4 aromatic rings. The largest absolute Gasteiger partial charge is 0.422 e. The van der Waals surface area contributed by atoms with E-state index in [-0.39, 0.29) is 34.6 Å². The molecule has 0 amide bonds. The summed E-state index contributed by atoms with van der Waals surface area (Å²) in [7, 11) is 0. The van der Waals surface area contributed by atoms with Gasteiger partial charge in [-0.15, -0.1) is 0 Å². The second kappa shape index (κ2) is 8.24. The van der Waals surface area contributed by atoms with E-state index >= 15 is 0 Å². The molecule has 2 aromatic heterocycles. The molecule has 0 spiro atoms. The molecule has 0 saturated heterocycles. The predicted molar refractivity (Wildman–Crippen MR) is 121 cm³/mol. The minimum absolute atomic E-state index is 0.0267. The summed E-state index contributed by atoms with van der Waals surface area (Å²) in [6.45, 7) is 7.81. The summed E-state index contributed by atoms with van der Waals surface area (Å²) in [4.78, 5) is 29.0. The predicted octanol–water partition coefficient (Wildman–Crippen LogP) is 5.78. The Morgan fingerprint density at radius 1 is 1.12 bits per heavy atom. The van der Waals surface area contributed by atoms with Gasteiger partial charge in [0.05, 0.1) is 0 Å². The Morgan fingerprint density at radius 3 is 2.50 bits per heavy atom. The Morgan fingerprint density at radius 2 is 1.84 bits per heavy atom. The number of fused-ring (bicyclic) bond motifs is 1. The van der Waals surface area contributed by atoms with E-state index in [0.29, 0.717) is 21.8 Å². The highest BCUT2D eigenvalue weighted by atomic mass is 35.5. The van der Waals surface area contributed by atoms with Gasteiger partial charge in [-0.1, -0.05) is 44.5 Å². The third-order valence-electron chi connectivity index (χ3n) is 4.94. The number of ether oxygens (including phenoxy) is 1. The second-order valence-electron chi connectivity index (χ2n) is 8.35. The van der Waals surface area contributed by atoms with E-state index in [1.54, 1.807) is 43.3 Å². The monoisotopic (exact) mass is 452 g/mol. The van der Waals surface area contributed by atoms with Crippen molar-refractivity contribution >= 4 is 28.5 Å². The highest BCUT2D eigenvalue weighted by Gasteiger charge is 2.22. The molecule has 164 valence electrons. The van der Waals surface area contributed by atoms with E-state index in [2.05, 4.69) is 10.1 Å². The Labute approximate surface area is 189 Å². The summed E-state index contributed by atoms with van der Waals surface area (Å²) in [5.41, 5.74) is 0.995. The van der Waals surface area contributed by atoms with Crippen LogP contribution in [0, 0.1) is 0 Å². The minimum atomic E-state index is -0.680. The maximum atomic E-state index is 12.8. The van der Waals surface area contributed by atoms with Crippen LogP contribution >= 0.6 is 11.6 Å². The van der Waals surface area contributed by atoms with E-state index in [0.717, 1.165) is 5.56 Å². The first-order valence-electron chi connectivity index (χ1n) is 10.1. The number of aromatic nitrogens is 2. The first-order chi connectivity index (χ1) is 15.2. The van der Waals surface area contributed by atoms with Gasteiger partial charge in [-0.25, -0.2) is 4.79 Å². The number of rotatable bonds is 4. The lowest BCUT2D eigenvalue weighted by atomic mass is 9.86. The number of halogens is 1. The van der Waals surface area contributed by atoms with Crippen LogP contribution in [-0.2, 0) is 10.2 Å². The average molecular weight is 453 g/mol. The molecule has 7 nitrogen and oxygen atoms in total. The van der Waals surface area contributed by atoms with E-state index in [9.17, 15) is 9.59 Å². The second-order valence-corrected chi connectivity index (χ2v) is 8.78. The lowest BCUT2D eigenvalue weighted by Crippen LogP contribution is -2.13. The van der Waals surface area contributed by atoms with Gasteiger partial charge >= 0.3 is 11.6 Å². The molecule has 0 atom stereocenters. The van der Waals surface area contributed by atoms with Crippen LogP contribution in [0.15, 0.2) is 56.2 Å². The highest BCUT2D eigenvalue weighted by molar-refractivity contribution is 6.30. The molecule has 0 aliphatic heterocycles. The average Bonchev–Trinajstić information content (AvgIpc) is 3.23. The third kappa shape index (κ3) is 4.29. The van der Waals surface area contributed by atoms with Gasteiger partial charge in [0, 0.05) is 22.4 Å². The van der Waals surface area contributed by atoms with E-state index in [1.165, 1.54) is 0 Å². The summed E-state index contributed by atoms with van der Waals surface area (Å²) in [6, 6.07) is 12.2. The van der Waals surface area contributed by atoms with Crippen molar-refractivity contribution in [2.24, 2.45) is 0 Å². The first-order valence-corrected chi connectivity index (χ1v) is 10.5. The molecule has 8 heteroatoms. The molecule has 0 radical (unpaired) electrons. The fraction of sp³-hybridized carbons (Fsp3) is 0.250. The quantitative estimate of drug-likeness (QED) is 0.220. The molecule has 2 aromatic carbocycles. The van der Waals surface area contributed by atoms with Crippen molar-refractivity contribution in [1.29, 1.82) is 0 Å². The van der Waals surface area contributed by atoms with Crippen LogP contribution in [0.4, 0.5) is 0 Å². The van der Waals surface area contributed by atoms with Crippen molar-refractivity contribution < 1.29 is 18.5 Å². The summed E-state index contributed by atoms with van der Waals surface area (Å²) < 4.78 is 16.3. The van der Waals surface area contributed by atoms with Gasteiger partial charge in [-0.3, -0.25) is 4.79 Å². The molecule has 0 N–H and O–H groups in total. The SMILES string of the molecule is CCC(=O)Oc1cc(C(C)(C)C)cc2cc(-c3nc(-c4ccc(Cl)cc4)no3)c(=O)oc12. The smallest absolute Gasteiger partial charge is 0.349 e. The standard InChI is InChI=1S/C24H21ClN2O5/c1-5-19(28)30-18-12-15(24(2,3)4)10-14-11-17(23(29)31-20(14)18)22-26-21(27-32-22)13-6-8-16(25)9-7-13/h6-12H,5H2,1-4H3. The van der Waals surface area contributed by atoms with Crippen LogP contribution in [0.3, 0.4) is 0 Å². The molecular formula is C24H21ClN2O5. The van der Waals surface area contributed by atoms with Crippen LogP contribution in [0.1, 0.15) is 39.7 Å². The normalized spacial score (nSPS) is 11.7. The van der Waals surface area contributed by atoms with E-state index < -0.39 is 11.6 Å². The van der Waals surface area contributed by atoms with Gasteiger partial charge in [0.15, 0.2) is 11.3 Å². The van der Waals surface area contributed by atoms with Gasteiger partial charge in [-0.05, 0) is 53.4 Å². The number of nitrogens with zero attached hydrogens (tertiary/aromatic N) is 2. The van der Waals surface area contributed by atoms with Crippen molar-refractivity contribution in [3.8, 4) is 28.6 Å². The van der Waals surface area contributed by atoms with Crippen molar-refractivity contribution in [2.45, 2.75) is 39.5 Å². The number of benzene rings is 2. The molecule has 32 heavy (non-hydrogen) atoms. The number of hydrogen-bond acceptors (Lipinski definition) is 7. The first kappa shape index (κ1) is 21.8. The molecule has 0 aliphatic rings. The summed E-state index contributed by atoms with van der Waals surface area (Å²) >= 11 is 5.93. The fourth-order valence-corrected chi connectivity index (χ4v) is 3.23. The number of carbonyl (C=O) groups excluding carboxylic acids is 1. The fourth-order valence-electron chi connectivity index (χ4n) is 3.10. The van der Waals surface area contributed by atoms with Crippen molar-refractivity contribution in [2.75, 3.05) is 0 Å². The summed E-state index contributed by atoms with van der Waals surface area (Å²) in [5.74, 6) is 0.125. The summed E-state index contributed by atoms with van der Waals surface area (Å²) in [5, 5.41) is 5.13. The van der Waals surface area contributed by atoms with Crippen LogP contribution in [0.25, 0.3) is 33.8 Å². The molecule has 0 bridgehead atoms. The molecule has 0 aliphatic carbocycles. The van der Waals surface area contributed by atoms with Gasteiger partial charge in [0.1, 0.15) is 5.56 Å². The molecule has 0 fully saturated rings. The summed E-state index contributed by atoms with van der Waals surface area (Å²) in [6.07, 6.45) is 0.193. The Balaban J connectivity index is 1.85. The van der Waals surface area contributed by atoms with Gasteiger partial charge in [-0.2, -0.15) is 4.98 Å². The topological polar surface area (TPSA) is 95.4 Å². The number of carbonyl (C=O) groups is 1.